The molecule has 0 aliphatic heterocycles. The Kier molecular flexibility index (Phi) is 4.19. The van der Waals surface area contributed by atoms with Crippen molar-refractivity contribution in [3.63, 3.8) is 0 Å². The fourth-order valence-electron chi connectivity index (χ4n) is 2.36. The van der Waals surface area contributed by atoms with Gasteiger partial charge in [-0.1, -0.05) is 23.7 Å². The maximum atomic E-state index is 14.0. The second-order valence-corrected chi connectivity index (χ2v) is 6.19. The molecular weight excluding hydrogens is 307 g/mol. The van der Waals surface area contributed by atoms with E-state index in [1.807, 2.05) is 24.7 Å². The molecule has 3 aromatic rings. The first kappa shape index (κ1) is 14.4. The summed E-state index contributed by atoms with van der Waals surface area (Å²) in [5.41, 5.74) is 2.65. The normalized spacial score (nSPS) is 12.7. The summed E-state index contributed by atoms with van der Waals surface area (Å²) in [7, 11) is 1.87. The van der Waals surface area contributed by atoms with Gasteiger partial charge in [0, 0.05) is 12.2 Å². The van der Waals surface area contributed by atoms with Crippen molar-refractivity contribution in [1.29, 1.82) is 0 Å². The molecule has 1 aromatic carbocycles. The maximum absolute atomic E-state index is 14.0. The fraction of sp³-hybridized carbons (Fsp3) is 0.188. The van der Waals surface area contributed by atoms with Gasteiger partial charge in [0.2, 0.25) is 0 Å². The number of nitrogens with zero attached hydrogens (tertiary/aromatic N) is 1. The quantitative estimate of drug-likeness (QED) is 0.760. The van der Waals surface area contributed by atoms with E-state index in [1.165, 1.54) is 0 Å². The molecule has 0 amide bonds. The summed E-state index contributed by atoms with van der Waals surface area (Å²) in [5, 5.41) is 5.41. The molecule has 21 heavy (non-hydrogen) atoms. The van der Waals surface area contributed by atoms with Crippen LogP contribution >= 0.6 is 22.9 Å². The molecule has 0 radical (unpaired) electrons. The van der Waals surface area contributed by atoms with Gasteiger partial charge in [0.05, 0.1) is 15.2 Å². The van der Waals surface area contributed by atoms with E-state index in [1.54, 1.807) is 29.5 Å². The van der Waals surface area contributed by atoms with Crippen LogP contribution in [0.3, 0.4) is 0 Å². The average molecular weight is 321 g/mol. The molecule has 2 nitrogen and oxygen atoms in total. The van der Waals surface area contributed by atoms with Gasteiger partial charge in [-0.2, -0.15) is 0 Å². The van der Waals surface area contributed by atoms with E-state index < -0.39 is 0 Å². The second kappa shape index (κ2) is 6.10. The van der Waals surface area contributed by atoms with Gasteiger partial charge >= 0.3 is 0 Å². The van der Waals surface area contributed by atoms with Crippen molar-refractivity contribution in [3.8, 4) is 0 Å². The molecule has 1 atom stereocenters. The largest absolute Gasteiger partial charge is 0.313 e. The van der Waals surface area contributed by atoms with Gasteiger partial charge in [0.1, 0.15) is 5.82 Å². The number of likely N-dealkylation sites (N-methyl/N-ethyl adjacent to an activating group) is 1. The molecule has 108 valence electrons. The van der Waals surface area contributed by atoms with Gasteiger partial charge in [-0.15, -0.1) is 11.3 Å². The molecule has 0 aliphatic carbocycles. The van der Waals surface area contributed by atoms with Gasteiger partial charge in [0.25, 0.3) is 0 Å². The lowest BCUT2D eigenvalue weighted by atomic mass is 10.00. The standard InChI is InChI=1S/C16H14ClFN2S/c1-19-14(7-10-3-2-4-12(17)16(10)18)11-8-15-13(20-9-11)5-6-21-15/h2-6,8-9,14,19H,7H2,1H3. The summed E-state index contributed by atoms with van der Waals surface area (Å²) < 4.78 is 15.2. The van der Waals surface area contributed by atoms with Crippen LogP contribution in [0.5, 0.6) is 0 Å². The zero-order chi connectivity index (χ0) is 14.8. The van der Waals surface area contributed by atoms with Gasteiger partial charge in [-0.05, 0) is 48.2 Å². The number of thiophene rings is 1. The van der Waals surface area contributed by atoms with Gasteiger partial charge in [0.15, 0.2) is 0 Å². The minimum Gasteiger partial charge on any atom is -0.313 e. The first-order valence-corrected chi connectivity index (χ1v) is 7.88. The molecule has 1 unspecified atom stereocenters. The summed E-state index contributed by atoms with van der Waals surface area (Å²) >= 11 is 7.50. The summed E-state index contributed by atoms with van der Waals surface area (Å²) in [6.45, 7) is 0. The summed E-state index contributed by atoms with van der Waals surface area (Å²) in [5.74, 6) is -0.343. The Morgan fingerprint density at radius 2 is 2.24 bits per heavy atom. The number of rotatable bonds is 4. The molecule has 3 rings (SSSR count). The van der Waals surface area contributed by atoms with Crippen LogP contribution < -0.4 is 5.32 Å². The first-order valence-electron chi connectivity index (χ1n) is 6.62. The van der Waals surface area contributed by atoms with Crippen molar-refractivity contribution < 1.29 is 4.39 Å². The number of pyridine rings is 1. The number of aromatic nitrogens is 1. The number of fused-ring (bicyclic) bond motifs is 1. The third-order valence-corrected chi connectivity index (χ3v) is 4.68. The monoisotopic (exact) mass is 320 g/mol. The van der Waals surface area contributed by atoms with E-state index in [2.05, 4.69) is 16.4 Å². The van der Waals surface area contributed by atoms with Crippen LogP contribution in [0.25, 0.3) is 10.2 Å². The van der Waals surface area contributed by atoms with Crippen molar-refractivity contribution in [3.05, 3.63) is 63.9 Å². The van der Waals surface area contributed by atoms with E-state index >= 15 is 0 Å². The molecule has 0 saturated heterocycles. The van der Waals surface area contributed by atoms with Gasteiger partial charge < -0.3 is 5.32 Å². The first-order chi connectivity index (χ1) is 10.2. The summed E-state index contributed by atoms with van der Waals surface area (Å²) in [6, 6.07) is 9.20. The van der Waals surface area contributed by atoms with Crippen LogP contribution in [-0.2, 0) is 6.42 Å². The van der Waals surface area contributed by atoms with Crippen molar-refractivity contribution in [1.82, 2.24) is 10.3 Å². The fourth-order valence-corrected chi connectivity index (χ4v) is 3.35. The number of nitrogens with one attached hydrogen (secondary N) is 1. The van der Waals surface area contributed by atoms with Crippen molar-refractivity contribution in [2.24, 2.45) is 0 Å². The number of halogens is 2. The van der Waals surface area contributed by atoms with Crippen LogP contribution in [0.1, 0.15) is 17.2 Å². The Morgan fingerprint density at radius 1 is 1.38 bits per heavy atom. The Hall–Kier alpha value is -1.49. The third-order valence-electron chi connectivity index (χ3n) is 3.53. The topological polar surface area (TPSA) is 24.9 Å². The van der Waals surface area contributed by atoms with Gasteiger partial charge in [-0.3, -0.25) is 4.98 Å². The predicted octanol–water partition coefficient (Wildman–Crippen LogP) is 4.59. The van der Waals surface area contributed by atoms with Crippen molar-refractivity contribution in [2.75, 3.05) is 7.05 Å². The van der Waals surface area contributed by atoms with E-state index in [0.29, 0.717) is 12.0 Å². The molecule has 0 bridgehead atoms. The van der Waals surface area contributed by atoms with Crippen LogP contribution in [0.4, 0.5) is 4.39 Å². The highest BCUT2D eigenvalue weighted by molar-refractivity contribution is 7.17. The third kappa shape index (κ3) is 2.93. The summed E-state index contributed by atoms with van der Waals surface area (Å²) in [6.07, 6.45) is 2.38. The molecule has 0 aliphatic rings. The Morgan fingerprint density at radius 3 is 3.05 bits per heavy atom. The Labute approximate surface area is 131 Å². The van der Waals surface area contributed by atoms with E-state index in [9.17, 15) is 4.39 Å². The minimum absolute atomic E-state index is 0.00281. The lowest BCUT2D eigenvalue weighted by molar-refractivity contribution is 0.554. The molecular formula is C16H14ClFN2S. The minimum atomic E-state index is -0.343. The Bertz CT molecular complexity index is 772. The van der Waals surface area contributed by atoms with Crippen molar-refractivity contribution in [2.45, 2.75) is 12.5 Å². The summed E-state index contributed by atoms with van der Waals surface area (Å²) in [4.78, 5) is 4.44. The highest BCUT2D eigenvalue weighted by atomic mass is 35.5. The highest BCUT2D eigenvalue weighted by Crippen LogP contribution is 2.26. The number of hydrogen-bond donors (Lipinski definition) is 1. The van der Waals surface area contributed by atoms with E-state index in [4.69, 9.17) is 11.6 Å². The van der Waals surface area contributed by atoms with Crippen LogP contribution in [0, 0.1) is 5.82 Å². The zero-order valence-corrected chi connectivity index (χ0v) is 13.0. The lowest BCUT2D eigenvalue weighted by Gasteiger charge is -2.17. The SMILES string of the molecule is CNC(Cc1cccc(Cl)c1F)c1cnc2ccsc2c1. The Balaban J connectivity index is 1.92. The van der Waals surface area contributed by atoms with E-state index in [-0.39, 0.29) is 16.9 Å². The molecule has 2 aromatic heterocycles. The van der Waals surface area contributed by atoms with Crippen molar-refractivity contribution >= 4 is 33.2 Å². The molecule has 5 heteroatoms. The smallest absolute Gasteiger partial charge is 0.145 e. The average Bonchev–Trinajstić information content (AvgIpc) is 2.96. The molecule has 0 spiro atoms. The molecule has 1 N–H and O–H groups in total. The highest BCUT2D eigenvalue weighted by Gasteiger charge is 2.15. The van der Waals surface area contributed by atoms with E-state index in [0.717, 1.165) is 15.8 Å². The second-order valence-electron chi connectivity index (χ2n) is 4.83. The number of benzene rings is 1. The molecule has 2 heterocycles. The lowest BCUT2D eigenvalue weighted by Crippen LogP contribution is -2.19. The molecule has 0 saturated carbocycles. The van der Waals surface area contributed by atoms with Crippen LogP contribution in [0.15, 0.2) is 41.9 Å². The van der Waals surface area contributed by atoms with Gasteiger partial charge in [-0.25, -0.2) is 4.39 Å². The predicted molar refractivity (Wildman–Crippen MR) is 86.5 cm³/mol. The maximum Gasteiger partial charge on any atom is 0.145 e. The van der Waals surface area contributed by atoms with Crippen LogP contribution in [-0.4, -0.2) is 12.0 Å². The zero-order valence-electron chi connectivity index (χ0n) is 11.4. The van der Waals surface area contributed by atoms with Crippen LogP contribution in [0.2, 0.25) is 5.02 Å². The number of hydrogen-bond acceptors (Lipinski definition) is 3. The molecule has 0 fully saturated rings.